The highest BCUT2D eigenvalue weighted by molar-refractivity contribution is 5.89. The first-order chi connectivity index (χ1) is 15.7. The predicted octanol–water partition coefficient (Wildman–Crippen LogP) is 2.58. The maximum Gasteiger partial charge on any atom is 0.237 e. The third-order valence-electron chi connectivity index (χ3n) is 5.95. The fourth-order valence-electron chi connectivity index (χ4n) is 4.24. The number of fused-ring (bicyclic) bond motifs is 2. The van der Waals surface area contributed by atoms with Gasteiger partial charge < -0.3 is 20.1 Å². The summed E-state index contributed by atoms with van der Waals surface area (Å²) < 4.78 is 10.7. The standard InChI is InChI=1S/C25H25N3O4/c29-24(27-14-17-6-8-22-23(12-17)32-16-31-22)13-21-25(30)26-9-10-28(21)15-18-5-7-19-3-1-2-4-20(19)11-18/h1-8,11-12,21H,9-10,13-16H2,(H,26,30)(H,27,29)/t21-/m1/s1. The maximum atomic E-state index is 12.7. The van der Waals surface area contributed by atoms with E-state index >= 15 is 0 Å². The van der Waals surface area contributed by atoms with Crippen LogP contribution in [0.5, 0.6) is 11.5 Å². The predicted molar refractivity (Wildman–Crippen MR) is 120 cm³/mol. The molecule has 3 aromatic carbocycles. The molecule has 0 bridgehead atoms. The number of hydrogen-bond donors (Lipinski definition) is 2. The van der Waals surface area contributed by atoms with Crippen molar-refractivity contribution in [2.75, 3.05) is 19.9 Å². The van der Waals surface area contributed by atoms with Gasteiger partial charge >= 0.3 is 0 Å². The van der Waals surface area contributed by atoms with E-state index in [0.717, 1.165) is 11.1 Å². The van der Waals surface area contributed by atoms with E-state index in [4.69, 9.17) is 9.47 Å². The molecular formula is C25H25N3O4. The number of nitrogens with one attached hydrogen (secondary N) is 2. The molecule has 2 heterocycles. The van der Waals surface area contributed by atoms with Crippen molar-refractivity contribution in [3.05, 3.63) is 71.8 Å². The molecule has 0 saturated carbocycles. The lowest BCUT2D eigenvalue weighted by Crippen LogP contribution is -2.56. The molecule has 32 heavy (non-hydrogen) atoms. The summed E-state index contributed by atoms with van der Waals surface area (Å²) in [5.41, 5.74) is 2.05. The lowest BCUT2D eigenvalue weighted by molar-refractivity contribution is -0.134. The first-order valence-corrected chi connectivity index (χ1v) is 10.8. The van der Waals surface area contributed by atoms with Gasteiger partial charge in [-0.2, -0.15) is 0 Å². The molecule has 2 aliphatic rings. The Bertz CT molecular complexity index is 1160. The van der Waals surface area contributed by atoms with Crippen molar-refractivity contribution in [3.63, 3.8) is 0 Å². The number of amides is 2. The van der Waals surface area contributed by atoms with Gasteiger partial charge in [0.05, 0.1) is 12.5 Å². The van der Waals surface area contributed by atoms with Crippen LogP contribution < -0.4 is 20.1 Å². The van der Waals surface area contributed by atoms with E-state index < -0.39 is 6.04 Å². The van der Waals surface area contributed by atoms with Crippen molar-refractivity contribution in [1.82, 2.24) is 15.5 Å². The van der Waals surface area contributed by atoms with Crippen molar-refractivity contribution in [2.45, 2.75) is 25.6 Å². The molecule has 7 nitrogen and oxygen atoms in total. The van der Waals surface area contributed by atoms with Crippen molar-refractivity contribution >= 4 is 22.6 Å². The van der Waals surface area contributed by atoms with Gasteiger partial charge in [-0.25, -0.2) is 0 Å². The number of carbonyl (C=O) groups excluding carboxylic acids is 2. The van der Waals surface area contributed by atoms with E-state index in [2.05, 4.69) is 45.9 Å². The largest absolute Gasteiger partial charge is 0.454 e. The highest BCUT2D eigenvalue weighted by atomic mass is 16.7. The van der Waals surface area contributed by atoms with E-state index in [1.165, 1.54) is 10.8 Å². The van der Waals surface area contributed by atoms with E-state index in [-0.39, 0.29) is 25.0 Å². The van der Waals surface area contributed by atoms with Crippen LogP contribution >= 0.6 is 0 Å². The lowest BCUT2D eigenvalue weighted by Gasteiger charge is -2.34. The zero-order chi connectivity index (χ0) is 21.9. The molecule has 2 N–H and O–H groups in total. The highest BCUT2D eigenvalue weighted by Gasteiger charge is 2.31. The fraction of sp³-hybridized carbons (Fsp3) is 0.280. The van der Waals surface area contributed by atoms with Crippen LogP contribution in [-0.4, -0.2) is 42.6 Å². The van der Waals surface area contributed by atoms with E-state index in [0.29, 0.717) is 37.7 Å². The molecule has 164 valence electrons. The Morgan fingerprint density at radius 3 is 2.72 bits per heavy atom. The average Bonchev–Trinajstić information content (AvgIpc) is 3.28. The van der Waals surface area contributed by atoms with Crippen LogP contribution in [-0.2, 0) is 22.7 Å². The number of ether oxygens (including phenoxy) is 2. The number of hydrogen-bond acceptors (Lipinski definition) is 5. The third-order valence-corrected chi connectivity index (χ3v) is 5.95. The van der Waals surface area contributed by atoms with Gasteiger partial charge in [-0.05, 0) is 40.1 Å². The summed E-state index contributed by atoms with van der Waals surface area (Å²) in [5, 5.41) is 8.18. The van der Waals surface area contributed by atoms with Crippen LogP contribution in [0.15, 0.2) is 60.7 Å². The normalized spacial score (nSPS) is 17.9. The maximum absolute atomic E-state index is 12.7. The Morgan fingerprint density at radius 1 is 1.00 bits per heavy atom. The quantitative estimate of drug-likeness (QED) is 0.627. The van der Waals surface area contributed by atoms with Crippen LogP contribution in [0.2, 0.25) is 0 Å². The minimum absolute atomic E-state index is 0.102. The van der Waals surface area contributed by atoms with Gasteiger partial charge in [0.15, 0.2) is 11.5 Å². The number of rotatable bonds is 6. The van der Waals surface area contributed by atoms with Crippen LogP contribution in [0.1, 0.15) is 17.5 Å². The van der Waals surface area contributed by atoms with Crippen molar-refractivity contribution < 1.29 is 19.1 Å². The molecule has 1 fully saturated rings. The second-order valence-electron chi connectivity index (χ2n) is 8.13. The molecule has 0 unspecified atom stereocenters. The topological polar surface area (TPSA) is 79.9 Å². The Kier molecular flexibility index (Phi) is 5.64. The average molecular weight is 431 g/mol. The minimum Gasteiger partial charge on any atom is -0.454 e. The smallest absolute Gasteiger partial charge is 0.237 e. The number of nitrogens with zero attached hydrogens (tertiary/aromatic N) is 1. The summed E-state index contributed by atoms with van der Waals surface area (Å²) in [6.07, 6.45) is 0.115. The monoisotopic (exact) mass is 431 g/mol. The van der Waals surface area contributed by atoms with Crippen molar-refractivity contribution in [3.8, 4) is 11.5 Å². The first kappa shape index (κ1) is 20.3. The van der Waals surface area contributed by atoms with Crippen LogP contribution in [0, 0.1) is 0 Å². The molecule has 0 spiro atoms. The molecule has 3 aromatic rings. The minimum atomic E-state index is -0.494. The van der Waals surface area contributed by atoms with Crippen molar-refractivity contribution in [2.24, 2.45) is 0 Å². The SMILES string of the molecule is O=C(C[C@@H]1C(=O)NCCN1Cc1ccc2ccccc2c1)NCc1ccc2c(c1)OCO2. The summed E-state index contributed by atoms with van der Waals surface area (Å²) in [5.74, 6) is 1.14. The van der Waals surface area contributed by atoms with Gasteiger partial charge in [0.2, 0.25) is 18.6 Å². The molecule has 2 amide bonds. The van der Waals surface area contributed by atoms with Gasteiger partial charge in [-0.15, -0.1) is 0 Å². The molecule has 1 saturated heterocycles. The van der Waals surface area contributed by atoms with Crippen LogP contribution in [0.25, 0.3) is 10.8 Å². The van der Waals surface area contributed by atoms with E-state index in [1.807, 2.05) is 30.3 Å². The summed E-state index contributed by atoms with van der Waals surface area (Å²) in [6.45, 7) is 2.50. The summed E-state index contributed by atoms with van der Waals surface area (Å²) in [4.78, 5) is 27.3. The van der Waals surface area contributed by atoms with Gasteiger partial charge in [0.1, 0.15) is 0 Å². The third kappa shape index (κ3) is 4.38. The summed E-state index contributed by atoms with van der Waals surface area (Å²) >= 11 is 0. The second-order valence-corrected chi connectivity index (χ2v) is 8.13. The molecule has 2 aliphatic heterocycles. The molecule has 7 heteroatoms. The number of carbonyl (C=O) groups is 2. The molecule has 0 aromatic heterocycles. The first-order valence-electron chi connectivity index (χ1n) is 10.8. The zero-order valence-electron chi connectivity index (χ0n) is 17.7. The fourth-order valence-corrected chi connectivity index (χ4v) is 4.24. The Morgan fingerprint density at radius 2 is 1.81 bits per heavy atom. The zero-order valence-corrected chi connectivity index (χ0v) is 17.7. The van der Waals surface area contributed by atoms with Gasteiger partial charge in [-0.1, -0.05) is 42.5 Å². The van der Waals surface area contributed by atoms with E-state index in [9.17, 15) is 9.59 Å². The van der Waals surface area contributed by atoms with Gasteiger partial charge in [-0.3, -0.25) is 14.5 Å². The van der Waals surface area contributed by atoms with E-state index in [1.54, 1.807) is 0 Å². The summed E-state index contributed by atoms with van der Waals surface area (Å²) in [6, 6.07) is 19.7. The Balaban J connectivity index is 1.23. The number of benzene rings is 3. The molecule has 0 radical (unpaired) electrons. The lowest BCUT2D eigenvalue weighted by atomic mass is 10.0. The molecule has 1 atom stereocenters. The van der Waals surface area contributed by atoms with Gasteiger partial charge in [0.25, 0.3) is 0 Å². The highest BCUT2D eigenvalue weighted by Crippen LogP contribution is 2.32. The molecular weight excluding hydrogens is 406 g/mol. The molecule has 0 aliphatic carbocycles. The summed E-state index contributed by atoms with van der Waals surface area (Å²) in [7, 11) is 0. The Labute approximate surface area is 186 Å². The Hall–Kier alpha value is -3.58. The number of piperazine rings is 1. The molecule has 5 rings (SSSR count). The van der Waals surface area contributed by atoms with Crippen LogP contribution in [0.3, 0.4) is 0 Å². The van der Waals surface area contributed by atoms with Gasteiger partial charge in [0, 0.05) is 26.2 Å². The second kappa shape index (κ2) is 8.88. The van der Waals surface area contributed by atoms with Crippen molar-refractivity contribution in [1.29, 1.82) is 0 Å². The van der Waals surface area contributed by atoms with Crippen LogP contribution in [0.4, 0.5) is 0 Å².